The average molecular weight is 422 g/mol. The van der Waals surface area contributed by atoms with Crippen LogP contribution in [0.5, 0.6) is 5.75 Å². The second-order valence-corrected chi connectivity index (χ2v) is 6.98. The first-order chi connectivity index (χ1) is 13.2. The Bertz CT molecular complexity index is 851. The summed E-state index contributed by atoms with van der Waals surface area (Å²) >= 11 is 5.61. The molecule has 1 saturated carbocycles. The van der Waals surface area contributed by atoms with Crippen LogP contribution in [0.1, 0.15) is 36.8 Å². The number of methoxy groups -OCH3 is 1. The van der Waals surface area contributed by atoms with Crippen LogP contribution in [0.2, 0.25) is 5.15 Å². The molecule has 0 aliphatic heterocycles. The molecule has 3 nitrogen and oxygen atoms in total. The fraction of sp³-hybridized carbons (Fsp3) is 0.421. The number of halogens is 6. The van der Waals surface area contributed by atoms with Crippen molar-refractivity contribution in [2.24, 2.45) is 0 Å². The van der Waals surface area contributed by atoms with Gasteiger partial charge < -0.3 is 9.47 Å². The van der Waals surface area contributed by atoms with E-state index in [4.69, 9.17) is 21.1 Å². The number of pyridine rings is 1. The standard InChI is InChI=1S/C19H17ClF5NO2/c1-27-18(11-2-3-13(21)14(22)10-11)7-4-12(5-8-18)28-15-6-9-26-17(20)16(15)19(23,24)25/h2-3,6,9-10,12H,4-5,7-8H2,1H3/t12-,18-. The summed E-state index contributed by atoms with van der Waals surface area (Å²) in [5, 5.41) is -0.672. The van der Waals surface area contributed by atoms with Gasteiger partial charge in [0.25, 0.3) is 0 Å². The van der Waals surface area contributed by atoms with Crippen LogP contribution in [-0.2, 0) is 16.5 Å². The van der Waals surface area contributed by atoms with Crippen molar-refractivity contribution in [2.45, 2.75) is 43.6 Å². The number of ether oxygens (including phenoxy) is 2. The van der Waals surface area contributed by atoms with Gasteiger partial charge in [0.1, 0.15) is 16.5 Å². The van der Waals surface area contributed by atoms with Crippen molar-refractivity contribution >= 4 is 11.6 Å². The Morgan fingerprint density at radius 3 is 2.36 bits per heavy atom. The number of hydrogen-bond donors (Lipinski definition) is 0. The van der Waals surface area contributed by atoms with Gasteiger partial charge in [-0.15, -0.1) is 0 Å². The van der Waals surface area contributed by atoms with Gasteiger partial charge in [0.05, 0.1) is 11.7 Å². The maximum atomic E-state index is 13.6. The molecule has 0 spiro atoms. The third-order valence-corrected chi connectivity index (χ3v) is 5.31. The molecule has 1 aliphatic carbocycles. The third kappa shape index (κ3) is 4.07. The average Bonchev–Trinajstić information content (AvgIpc) is 2.64. The molecule has 1 aromatic heterocycles. The SMILES string of the molecule is CO[C@]1(c2ccc(F)c(F)c2)CC[C@@H](Oc2ccnc(Cl)c2C(F)(F)F)CC1. The number of hydrogen-bond acceptors (Lipinski definition) is 3. The van der Waals surface area contributed by atoms with E-state index in [1.54, 1.807) is 0 Å². The first-order valence-corrected chi connectivity index (χ1v) is 8.93. The van der Waals surface area contributed by atoms with Crippen LogP contribution in [-0.4, -0.2) is 18.2 Å². The first kappa shape index (κ1) is 20.8. The van der Waals surface area contributed by atoms with E-state index in [0.29, 0.717) is 31.2 Å². The second kappa shape index (κ2) is 7.83. The molecule has 1 fully saturated rings. The van der Waals surface area contributed by atoms with E-state index in [9.17, 15) is 22.0 Å². The van der Waals surface area contributed by atoms with Crippen LogP contribution < -0.4 is 4.74 Å². The molecule has 0 N–H and O–H groups in total. The number of rotatable bonds is 4. The molecule has 1 aromatic carbocycles. The Kier molecular flexibility index (Phi) is 5.82. The van der Waals surface area contributed by atoms with E-state index in [1.165, 1.54) is 13.2 Å². The lowest BCUT2D eigenvalue weighted by Gasteiger charge is -2.39. The molecule has 0 atom stereocenters. The van der Waals surface area contributed by atoms with Crippen molar-refractivity contribution in [2.75, 3.05) is 7.11 Å². The van der Waals surface area contributed by atoms with Crippen LogP contribution in [0, 0.1) is 11.6 Å². The maximum absolute atomic E-state index is 13.6. The first-order valence-electron chi connectivity index (χ1n) is 8.55. The summed E-state index contributed by atoms with van der Waals surface area (Å²) in [6.07, 6.45) is -2.58. The molecule has 1 aliphatic rings. The minimum Gasteiger partial charge on any atom is -0.490 e. The van der Waals surface area contributed by atoms with Gasteiger partial charge in [0.2, 0.25) is 0 Å². The number of nitrogens with zero attached hydrogens (tertiary/aromatic N) is 1. The summed E-state index contributed by atoms with van der Waals surface area (Å²) in [7, 11) is 1.47. The lowest BCUT2D eigenvalue weighted by Crippen LogP contribution is -2.37. The van der Waals surface area contributed by atoms with Gasteiger partial charge in [-0.1, -0.05) is 17.7 Å². The van der Waals surface area contributed by atoms with Gasteiger partial charge in [0.15, 0.2) is 11.6 Å². The summed E-state index contributed by atoms with van der Waals surface area (Å²) < 4.78 is 77.7. The zero-order valence-electron chi connectivity index (χ0n) is 14.8. The minimum atomic E-state index is -4.70. The van der Waals surface area contributed by atoms with Gasteiger partial charge in [-0.05, 0) is 49.4 Å². The van der Waals surface area contributed by atoms with Gasteiger partial charge in [-0.3, -0.25) is 0 Å². The van der Waals surface area contributed by atoms with Crippen LogP contribution >= 0.6 is 11.6 Å². The molecule has 0 radical (unpaired) electrons. The predicted molar refractivity (Wildman–Crippen MR) is 92.2 cm³/mol. The van der Waals surface area contributed by atoms with E-state index >= 15 is 0 Å². The summed E-state index contributed by atoms with van der Waals surface area (Å²) in [6, 6.07) is 4.70. The van der Waals surface area contributed by atoms with Gasteiger partial charge >= 0.3 is 6.18 Å². The Hall–Kier alpha value is -1.93. The fourth-order valence-electron chi connectivity index (χ4n) is 3.52. The van der Waals surface area contributed by atoms with Crippen LogP contribution in [0.25, 0.3) is 0 Å². The second-order valence-electron chi connectivity index (χ2n) is 6.62. The van der Waals surface area contributed by atoms with Crippen molar-refractivity contribution in [1.82, 2.24) is 4.98 Å². The van der Waals surface area contributed by atoms with Crippen molar-refractivity contribution in [1.29, 1.82) is 0 Å². The topological polar surface area (TPSA) is 31.4 Å². The van der Waals surface area contributed by atoms with Crippen molar-refractivity contribution in [3.63, 3.8) is 0 Å². The molecule has 0 amide bonds. The zero-order valence-corrected chi connectivity index (χ0v) is 15.6. The highest BCUT2D eigenvalue weighted by atomic mass is 35.5. The minimum absolute atomic E-state index is 0.365. The highest BCUT2D eigenvalue weighted by molar-refractivity contribution is 6.30. The quantitative estimate of drug-likeness (QED) is 0.455. The Balaban J connectivity index is 1.77. The fourth-order valence-corrected chi connectivity index (χ4v) is 3.78. The van der Waals surface area contributed by atoms with Gasteiger partial charge in [-0.2, -0.15) is 13.2 Å². The number of benzene rings is 1. The molecular formula is C19H17ClF5NO2. The molecule has 0 unspecified atom stereocenters. The highest BCUT2D eigenvalue weighted by Crippen LogP contribution is 2.44. The van der Waals surface area contributed by atoms with E-state index in [2.05, 4.69) is 4.98 Å². The molecule has 2 aromatic rings. The molecular weight excluding hydrogens is 405 g/mol. The predicted octanol–water partition coefficient (Wildman–Crippen LogP) is 5.90. The highest BCUT2D eigenvalue weighted by Gasteiger charge is 2.41. The summed E-state index contributed by atoms with van der Waals surface area (Å²) in [5.41, 5.74) is -1.48. The van der Waals surface area contributed by atoms with Crippen LogP contribution in [0.4, 0.5) is 22.0 Å². The smallest absolute Gasteiger partial charge is 0.422 e. The van der Waals surface area contributed by atoms with Crippen molar-refractivity contribution in [3.8, 4) is 5.75 Å². The summed E-state index contributed by atoms with van der Waals surface area (Å²) in [6.45, 7) is 0. The monoisotopic (exact) mass is 421 g/mol. The third-order valence-electron chi connectivity index (χ3n) is 5.02. The molecule has 3 rings (SSSR count). The molecule has 1 heterocycles. The summed E-state index contributed by atoms with van der Waals surface area (Å²) in [5.74, 6) is -2.31. The van der Waals surface area contributed by atoms with E-state index in [0.717, 1.165) is 24.4 Å². The van der Waals surface area contributed by atoms with Crippen molar-refractivity contribution in [3.05, 3.63) is 58.4 Å². The Morgan fingerprint density at radius 2 is 1.79 bits per heavy atom. The van der Waals surface area contributed by atoms with E-state index in [1.807, 2.05) is 0 Å². The van der Waals surface area contributed by atoms with Gasteiger partial charge in [-0.25, -0.2) is 13.8 Å². The molecule has 28 heavy (non-hydrogen) atoms. The maximum Gasteiger partial charge on any atom is 0.422 e. The van der Waals surface area contributed by atoms with E-state index < -0.39 is 40.2 Å². The molecule has 152 valence electrons. The largest absolute Gasteiger partial charge is 0.490 e. The Morgan fingerprint density at radius 1 is 1.11 bits per heavy atom. The molecule has 0 saturated heterocycles. The number of aromatic nitrogens is 1. The molecule has 9 heteroatoms. The lowest BCUT2D eigenvalue weighted by atomic mass is 9.78. The van der Waals surface area contributed by atoms with Crippen LogP contribution in [0.3, 0.4) is 0 Å². The lowest BCUT2D eigenvalue weighted by molar-refractivity contribution is -0.140. The van der Waals surface area contributed by atoms with Crippen molar-refractivity contribution < 1.29 is 31.4 Å². The molecule has 0 bridgehead atoms. The summed E-state index contributed by atoms with van der Waals surface area (Å²) in [4.78, 5) is 3.47. The Labute approximate surface area is 163 Å². The normalized spacial score (nSPS) is 22.9. The number of alkyl halides is 3. The van der Waals surface area contributed by atoms with E-state index in [-0.39, 0.29) is 5.75 Å². The zero-order chi connectivity index (χ0) is 20.5. The van der Waals surface area contributed by atoms with Gasteiger partial charge in [0, 0.05) is 13.3 Å². The van der Waals surface area contributed by atoms with Crippen LogP contribution in [0.15, 0.2) is 30.5 Å².